The molecule has 0 saturated heterocycles. The Hall–Kier alpha value is -2.07. The Labute approximate surface area is 131 Å². The minimum absolute atomic E-state index is 0.0930. The Morgan fingerprint density at radius 2 is 2.09 bits per heavy atom. The summed E-state index contributed by atoms with van der Waals surface area (Å²) in [6, 6.07) is 10.0. The van der Waals surface area contributed by atoms with Gasteiger partial charge in [-0.25, -0.2) is 4.79 Å². The van der Waals surface area contributed by atoms with E-state index in [2.05, 4.69) is 0 Å². The molecular weight excluding hydrogens is 280 g/mol. The third-order valence-corrected chi connectivity index (χ3v) is 3.36. The predicted molar refractivity (Wildman–Crippen MR) is 83.8 cm³/mol. The average molecular weight is 302 g/mol. The zero-order valence-electron chi connectivity index (χ0n) is 13.3. The summed E-state index contributed by atoms with van der Waals surface area (Å²) < 4.78 is 16.4. The summed E-state index contributed by atoms with van der Waals surface area (Å²) in [4.78, 5) is 11.8. The Morgan fingerprint density at radius 3 is 2.77 bits per heavy atom. The van der Waals surface area contributed by atoms with Crippen LogP contribution in [0.2, 0.25) is 0 Å². The van der Waals surface area contributed by atoms with Gasteiger partial charge in [0.15, 0.2) is 0 Å². The molecule has 4 nitrogen and oxygen atoms in total. The monoisotopic (exact) mass is 302 g/mol. The van der Waals surface area contributed by atoms with E-state index >= 15 is 0 Å². The molecule has 0 spiro atoms. The van der Waals surface area contributed by atoms with Gasteiger partial charge in [-0.15, -0.1) is 0 Å². The number of carbonyl (C=O) groups excluding carboxylic acids is 1. The van der Waals surface area contributed by atoms with Crippen molar-refractivity contribution in [2.24, 2.45) is 0 Å². The molecule has 0 fully saturated rings. The second-order valence-corrected chi connectivity index (χ2v) is 5.17. The van der Waals surface area contributed by atoms with E-state index in [1.165, 1.54) is 0 Å². The summed E-state index contributed by atoms with van der Waals surface area (Å²) in [5.41, 5.74) is 1.71. The van der Waals surface area contributed by atoms with Crippen LogP contribution in [0.1, 0.15) is 32.8 Å². The van der Waals surface area contributed by atoms with Crippen LogP contribution in [0, 0.1) is 0 Å². The first-order valence-electron chi connectivity index (χ1n) is 7.51. The number of allylic oxidation sites excluding steroid dienone is 2. The SMILES string of the molecule is CCOC(=O)C1=C(C)O/C(=C/[C@H](C)OCc2ccccc2)C1. The van der Waals surface area contributed by atoms with E-state index in [1.807, 2.05) is 43.3 Å². The lowest BCUT2D eigenvalue weighted by molar-refractivity contribution is -0.138. The second-order valence-electron chi connectivity index (χ2n) is 5.17. The third kappa shape index (κ3) is 4.46. The van der Waals surface area contributed by atoms with Crippen molar-refractivity contribution in [3.63, 3.8) is 0 Å². The normalized spacial score (nSPS) is 17.5. The van der Waals surface area contributed by atoms with Gasteiger partial charge in [0.2, 0.25) is 0 Å². The molecule has 1 atom stereocenters. The zero-order chi connectivity index (χ0) is 15.9. The van der Waals surface area contributed by atoms with E-state index in [1.54, 1.807) is 13.8 Å². The van der Waals surface area contributed by atoms with Crippen LogP contribution in [0.4, 0.5) is 0 Å². The second kappa shape index (κ2) is 7.80. The van der Waals surface area contributed by atoms with Crippen LogP contribution in [0.3, 0.4) is 0 Å². The fourth-order valence-corrected chi connectivity index (χ4v) is 2.23. The molecule has 0 saturated carbocycles. The van der Waals surface area contributed by atoms with Gasteiger partial charge in [-0.2, -0.15) is 0 Å². The molecule has 0 aliphatic carbocycles. The van der Waals surface area contributed by atoms with Gasteiger partial charge in [0.05, 0.1) is 24.9 Å². The molecule has 0 aromatic heterocycles. The number of esters is 1. The first-order chi connectivity index (χ1) is 10.6. The molecule has 1 aliphatic rings. The molecule has 2 rings (SSSR count). The molecule has 0 amide bonds. The maximum atomic E-state index is 11.8. The van der Waals surface area contributed by atoms with E-state index in [9.17, 15) is 4.79 Å². The van der Waals surface area contributed by atoms with E-state index in [0.29, 0.717) is 31.0 Å². The van der Waals surface area contributed by atoms with Crippen molar-refractivity contribution >= 4 is 5.97 Å². The maximum Gasteiger partial charge on any atom is 0.337 e. The van der Waals surface area contributed by atoms with Crippen LogP contribution in [0.15, 0.2) is 53.5 Å². The topological polar surface area (TPSA) is 44.8 Å². The molecule has 1 aromatic rings. The van der Waals surface area contributed by atoms with Gasteiger partial charge >= 0.3 is 5.97 Å². The van der Waals surface area contributed by atoms with E-state index in [4.69, 9.17) is 14.2 Å². The van der Waals surface area contributed by atoms with Gasteiger partial charge in [-0.1, -0.05) is 30.3 Å². The summed E-state index contributed by atoms with van der Waals surface area (Å²) in [7, 11) is 0. The van der Waals surface area contributed by atoms with Crippen molar-refractivity contribution in [2.75, 3.05) is 6.61 Å². The molecule has 118 valence electrons. The first-order valence-corrected chi connectivity index (χ1v) is 7.51. The highest BCUT2D eigenvalue weighted by Gasteiger charge is 2.25. The van der Waals surface area contributed by atoms with Crippen molar-refractivity contribution < 1.29 is 19.0 Å². The molecule has 4 heteroatoms. The predicted octanol–water partition coefficient (Wildman–Crippen LogP) is 3.73. The lowest BCUT2D eigenvalue weighted by atomic mass is 10.1. The molecular formula is C18H22O4. The van der Waals surface area contributed by atoms with E-state index in [0.717, 1.165) is 11.3 Å². The molecule has 0 bridgehead atoms. The summed E-state index contributed by atoms with van der Waals surface area (Å²) >= 11 is 0. The Morgan fingerprint density at radius 1 is 1.36 bits per heavy atom. The van der Waals surface area contributed by atoms with E-state index in [-0.39, 0.29) is 12.1 Å². The lowest BCUT2D eigenvalue weighted by Crippen LogP contribution is -2.08. The van der Waals surface area contributed by atoms with Crippen LogP contribution >= 0.6 is 0 Å². The van der Waals surface area contributed by atoms with Crippen LogP contribution < -0.4 is 0 Å². The molecule has 1 aliphatic heterocycles. The van der Waals surface area contributed by atoms with Crippen molar-refractivity contribution in [2.45, 2.75) is 39.9 Å². The standard InChI is InChI=1S/C18H22O4/c1-4-20-18(19)17-11-16(22-14(17)3)10-13(2)21-12-15-8-6-5-7-9-15/h5-10,13H,4,11-12H2,1-3H3/b16-10+/t13-/m0/s1. The Balaban J connectivity index is 1.87. The Kier molecular flexibility index (Phi) is 5.78. The van der Waals surface area contributed by atoms with E-state index < -0.39 is 0 Å². The van der Waals surface area contributed by atoms with Gasteiger partial charge < -0.3 is 14.2 Å². The molecule has 22 heavy (non-hydrogen) atoms. The molecule has 0 N–H and O–H groups in total. The highest BCUT2D eigenvalue weighted by molar-refractivity contribution is 5.90. The Bertz CT molecular complexity index is 572. The van der Waals surface area contributed by atoms with Crippen molar-refractivity contribution in [1.82, 2.24) is 0 Å². The largest absolute Gasteiger partial charge is 0.466 e. The average Bonchev–Trinajstić information content (AvgIpc) is 2.87. The third-order valence-electron chi connectivity index (χ3n) is 3.36. The summed E-state index contributed by atoms with van der Waals surface area (Å²) in [6.45, 7) is 6.44. The highest BCUT2D eigenvalue weighted by Crippen LogP contribution is 2.29. The van der Waals surface area contributed by atoms with Crippen molar-refractivity contribution in [3.05, 3.63) is 59.1 Å². The number of hydrogen-bond donors (Lipinski definition) is 0. The van der Waals surface area contributed by atoms with Crippen LogP contribution in [0.25, 0.3) is 0 Å². The lowest BCUT2D eigenvalue weighted by Gasteiger charge is -2.10. The molecule has 0 radical (unpaired) electrons. The fraction of sp³-hybridized carbons (Fsp3) is 0.389. The van der Waals surface area contributed by atoms with Crippen molar-refractivity contribution in [3.8, 4) is 0 Å². The minimum Gasteiger partial charge on any atom is -0.466 e. The molecule has 0 unspecified atom stereocenters. The van der Waals surface area contributed by atoms with Crippen LogP contribution in [-0.4, -0.2) is 18.7 Å². The van der Waals surface area contributed by atoms with Crippen LogP contribution in [-0.2, 0) is 25.6 Å². The zero-order valence-corrected chi connectivity index (χ0v) is 13.3. The van der Waals surface area contributed by atoms with Crippen LogP contribution in [0.5, 0.6) is 0 Å². The molecule has 1 aromatic carbocycles. The number of ether oxygens (including phenoxy) is 3. The quantitative estimate of drug-likeness (QED) is 0.751. The molecule has 1 heterocycles. The number of hydrogen-bond acceptors (Lipinski definition) is 4. The summed E-state index contributed by atoms with van der Waals surface area (Å²) in [5, 5.41) is 0. The number of benzene rings is 1. The van der Waals surface area contributed by atoms with Gasteiger partial charge in [0.1, 0.15) is 11.5 Å². The number of rotatable bonds is 6. The summed E-state index contributed by atoms with van der Waals surface area (Å²) in [6.07, 6.45) is 2.27. The van der Waals surface area contributed by atoms with Gasteiger partial charge in [0, 0.05) is 6.42 Å². The van der Waals surface area contributed by atoms with Gasteiger partial charge in [0.25, 0.3) is 0 Å². The van der Waals surface area contributed by atoms with Crippen molar-refractivity contribution in [1.29, 1.82) is 0 Å². The van der Waals surface area contributed by atoms with Gasteiger partial charge in [-0.3, -0.25) is 0 Å². The summed E-state index contributed by atoms with van der Waals surface area (Å²) in [5.74, 6) is 1.04. The number of carbonyl (C=O) groups is 1. The fourth-order valence-electron chi connectivity index (χ4n) is 2.23. The highest BCUT2D eigenvalue weighted by atomic mass is 16.5. The smallest absolute Gasteiger partial charge is 0.337 e. The first kappa shape index (κ1) is 16.3. The minimum atomic E-state index is -0.304. The van der Waals surface area contributed by atoms with Gasteiger partial charge in [-0.05, 0) is 32.4 Å². The maximum absolute atomic E-state index is 11.8.